The fraction of sp³-hybridized carbons (Fsp3) is 0.182. The summed E-state index contributed by atoms with van der Waals surface area (Å²) in [7, 11) is 0. The second-order valence-electron chi connectivity index (χ2n) is 2.73. The second kappa shape index (κ2) is 6.09. The first kappa shape index (κ1) is 11.6. The maximum absolute atomic E-state index is 9.18. The maximum Gasteiger partial charge on any atom is 0.293 e. The number of hydrogen-bond donors (Lipinski definition) is 1. The summed E-state index contributed by atoms with van der Waals surface area (Å²) in [6.07, 6.45) is 1.80. The minimum absolute atomic E-state index is 0.431. The molecule has 0 radical (unpaired) electrons. The first-order valence-corrected chi connectivity index (χ1v) is 4.94. The monoisotopic (exact) mass is 225 g/mol. The zero-order valence-corrected chi connectivity index (χ0v) is 9.12. The van der Waals surface area contributed by atoms with E-state index >= 15 is 0 Å². The molecular formula is C11H12ClNO2. The smallest absolute Gasteiger partial charge is 0.293 e. The molecule has 0 unspecified atom stereocenters. The molecule has 0 amide bonds. The topological polar surface area (TPSA) is 42.1 Å². The predicted octanol–water partition coefficient (Wildman–Crippen LogP) is 3.00. The van der Waals surface area contributed by atoms with Gasteiger partial charge >= 0.3 is 0 Å². The van der Waals surface area contributed by atoms with E-state index in [4.69, 9.17) is 11.6 Å². The number of H-pyrrole nitrogens is 1. The molecule has 0 saturated carbocycles. The predicted molar refractivity (Wildman–Crippen MR) is 61.0 cm³/mol. The molecule has 0 atom stereocenters. The Hall–Kier alpha value is -1.48. The van der Waals surface area contributed by atoms with Gasteiger partial charge in [0.1, 0.15) is 0 Å². The molecule has 0 spiro atoms. The highest BCUT2D eigenvalue weighted by Gasteiger charge is 1.96. The van der Waals surface area contributed by atoms with Gasteiger partial charge in [-0.05, 0) is 13.0 Å². The fourth-order valence-corrected chi connectivity index (χ4v) is 1.32. The zero-order valence-electron chi connectivity index (χ0n) is 8.37. The molecule has 1 aromatic carbocycles. The van der Waals surface area contributed by atoms with E-state index in [1.165, 1.54) is 0 Å². The Morgan fingerprint density at radius 2 is 2.20 bits per heavy atom. The second-order valence-corrected chi connectivity index (χ2v) is 3.14. The SMILES string of the molecule is CCOC=O.Clc1c[nH]c2ccccc12. The van der Waals surface area contributed by atoms with Crippen molar-refractivity contribution in [2.45, 2.75) is 6.92 Å². The number of para-hydroxylation sites is 1. The van der Waals surface area contributed by atoms with Gasteiger partial charge in [0.15, 0.2) is 0 Å². The Kier molecular flexibility index (Phi) is 4.71. The summed E-state index contributed by atoms with van der Waals surface area (Å²) in [5.41, 5.74) is 1.09. The molecule has 0 aliphatic carbocycles. The summed E-state index contributed by atoms with van der Waals surface area (Å²) in [6.45, 7) is 2.66. The Bertz CT molecular complexity index is 425. The Labute approximate surface area is 93.0 Å². The van der Waals surface area contributed by atoms with Gasteiger partial charge in [0.05, 0.1) is 11.6 Å². The molecule has 1 heterocycles. The number of carbonyl (C=O) groups is 1. The molecule has 2 rings (SSSR count). The molecule has 0 saturated heterocycles. The normalized spacial score (nSPS) is 9.20. The molecule has 15 heavy (non-hydrogen) atoms. The number of rotatable bonds is 2. The summed E-state index contributed by atoms with van der Waals surface area (Å²) in [5.74, 6) is 0. The zero-order chi connectivity index (χ0) is 11.1. The van der Waals surface area contributed by atoms with Crippen LogP contribution < -0.4 is 0 Å². The molecule has 0 bridgehead atoms. The van der Waals surface area contributed by atoms with Gasteiger partial charge in [-0.2, -0.15) is 0 Å². The van der Waals surface area contributed by atoms with Crippen LogP contribution in [0.2, 0.25) is 5.02 Å². The van der Waals surface area contributed by atoms with E-state index in [9.17, 15) is 4.79 Å². The highest BCUT2D eigenvalue weighted by molar-refractivity contribution is 6.35. The number of aromatic nitrogens is 1. The van der Waals surface area contributed by atoms with Crippen molar-refractivity contribution in [1.29, 1.82) is 0 Å². The first-order valence-electron chi connectivity index (χ1n) is 4.56. The lowest BCUT2D eigenvalue weighted by molar-refractivity contribution is -0.128. The van der Waals surface area contributed by atoms with Gasteiger partial charge in [-0.25, -0.2) is 0 Å². The van der Waals surface area contributed by atoms with Crippen LogP contribution in [-0.2, 0) is 9.53 Å². The van der Waals surface area contributed by atoms with Gasteiger partial charge < -0.3 is 9.72 Å². The van der Waals surface area contributed by atoms with E-state index in [1.807, 2.05) is 24.3 Å². The van der Waals surface area contributed by atoms with Gasteiger partial charge in [-0.1, -0.05) is 29.8 Å². The van der Waals surface area contributed by atoms with Crippen molar-refractivity contribution in [2.75, 3.05) is 6.61 Å². The van der Waals surface area contributed by atoms with Crippen molar-refractivity contribution in [3.05, 3.63) is 35.5 Å². The van der Waals surface area contributed by atoms with Crippen LogP contribution >= 0.6 is 11.6 Å². The molecule has 80 valence electrons. The van der Waals surface area contributed by atoms with Gasteiger partial charge in [0, 0.05) is 17.1 Å². The van der Waals surface area contributed by atoms with Crippen LogP contribution in [-0.4, -0.2) is 18.1 Å². The van der Waals surface area contributed by atoms with Crippen molar-refractivity contribution < 1.29 is 9.53 Å². The van der Waals surface area contributed by atoms with Crippen molar-refractivity contribution >= 4 is 29.0 Å². The van der Waals surface area contributed by atoms with Crippen LogP contribution in [0, 0.1) is 0 Å². The van der Waals surface area contributed by atoms with Crippen molar-refractivity contribution in [3.63, 3.8) is 0 Å². The highest BCUT2D eigenvalue weighted by Crippen LogP contribution is 2.21. The van der Waals surface area contributed by atoms with Crippen molar-refractivity contribution in [1.82, 2.24) is 4.98 Å². The lowest BCUT2D eigenvalue weighted by Gasteiger charge is -1.85. The third-order valence-corrected chi connectivity index (χ3v) is 2.09. The Morgan fingerprint density at radius 1 is 1.47 bits per heavy atom. The third-order valence-electron chi connectivity index (χ3n) is 1.77. The summed E-state index contributed by atoms with van der Waals surface area (Å²) in [4.78, 5) is 12.2. The molecule has 0 fully saturated rings. The number of benzene rings is 1. The summed E-state index contributed by atoms with van der Waals surface area (Å²) >= 11 is 5.84. The number of hydrogen-bond acceptors (Lipinski definition) is 2. The minimum atomic E-state index is 0.431. The summed E-state index contributed by atoms with van der Waals surface area (Å²) in [6, 6.07) is 7.95. The quantitative estimate of drug-likeness (QED) is 0.799. The van der Waals surface area contributed by atoms with Crippen LogP contribution in [0.25, 0.3) is 10.9 Å². The molecule has 2 aromatic rings. The number of ether oxygens (including phenoxy) is 1. The average molecular weight is 226 g/mol. The third kappa shape index (κ3) is 3.29. The van der Waals surface area contributed by atoms with Gasteiger partial charge in [-0.3, -0.25) is 4.79 Å². The highest BCUT2D eigenvalue weighted by atomic mass is 35.5. The van der Waals surface area contributed by atoms with Crippen LogP contribution in [0.1, 0.15) is 6.92 Å². The van der Waals surface area contributed by atoms with E-state index in [0.717, 1.165) is 15.9 Å². The molecular weight excluding hydrogens is 214 g/mol. The van der Waals surface area contributed by atoms with Crippen LogP contribution in [0.15, 0.2) is 30.5 Å². The average Bonchev–Trinajstić information content (AvgIpc) is 2.64. The number of fused-ring (bicyclic) bond motifs is 1. The standard InChI is InChI=1S/C8H6ClN.C3H6O2/c9-7-5-10-8-4-2-1-3-6(7)8;1-2-5-3-4/h1-5,10H;3H,2H2,1H3. The van der Waals surface area contributed by atoms with Crippen molar-refractivity contribution in [2.24, 2.45) is 0 Å². The molecule has 0 aliphatic heterocycles. The molecule has 4 heteroatoms. The number of aromatic amines is 1. The lowest BCUT2D eigenvalue weighted by atomic mass is 10.3. The Balaban J connectivity index is 0.000000195. The minimum Gasteiger partial charge on any atom is -0.468 e. The van der Waals surface area contributed by atoms with Crippen LogP contribution in [0.5, 0.6) is 0 Å². The maximum atomic E-state index is 9.18. The Morgan fingerprint density at radius 3 is 2.73 bits per heavy atom. The van der Waals surface area contributed by atoms with E-state index < -0.39 is 0 Å². The molecule has 0 aliphatic rings. The number of nitrogens with one attached hydrogen (secondary N) is 1. The molecule has 1 aromatic heterocycles. The van der Waals surface area contributed by atoms with E-state index in [-0.39, 0.29) is 0 Å². The number of carbonyl (C=O) groups excluding carboxylic acids is 1. The van der Waals surface area contributed by atoms with Crippen LogP contribution in [0.4, 0.5) is 0 Å². The van der Waals surface area contributed by atoms with Gasteiger partial charge in [-0.15, -0.1) is 0 Å². The van der Waals surface area contributed by atoms with E-state index in [1.54, 1.807) is 13.1 Å². The molecule has 3 nitrogen and oxygen atoms in total. The van der Waals surface area contributed by atoms with Crippen molar-refractivity contribution in [3.8, 4) is 0 Å². The summed E-state index contributed by atoms with van der Waals surface area (Å²) < 4.78 is 4.15. The van der Waals surface area contributed by atoms with Gasteiger partial charge in [0.25, 0.3) is 6.47 Å². The molecule has 1 N–H and O–H groups in total. The number of halogens is 1. The summed E-state index contributed by atoms with van der Waals surface area (Å²) in [5, 5.41) is 1.87. The fourth-order valence-electron chi connectivity index (χ4n) is 1.10. The van der Waals surface area contributed by atoms with Crippen LogP contribution in [0.3, 0.4) is 0 Å². The van der Waals surface area contributed by atoms with E-state index in [0.29, 0.717) is 13.1 Å². The first-order chi connectivity index (χ1) is 7.29. The largest absolute Gasteiger partial charge is 0.468 e. The van der Waals surface area contributed by atoms with Gasteiger partial charge in [0.2, 0.25) is 0 Å². The van der Waals surface area contributed by atoms with E-state index in [2.05, 4.69) is 9.72 Å². The lowest BCUT2D eigenvalue weighted by Crippen LogP contribution is -1.80.